The predicted octanol–water partition coefficient (Wildman–Crippen LogP) is 2.38. The Hall–Kier alpha value is -2.50. The molecule has 0 radical (unpaired) electrons. The summed E-state index contributed by atoms with van der Waals surface area (Å²) in [6.07, 6.45) is 0. The monoisotopic (exact) mass is 306 g/mol. The van der Waals surface area contributed by atoms with E-state index in [1.54, 1.807) is 27.7 Å². The van der Waals surface area contributed by atoms with Crippen LogP contribution in [0.4, 0.5) is 0 Å². The number of phenols is 2. The number of benzene rings is 1. The van der Waals surface area contributed by atoms with Crippen LogP contribution in [0.1, 0.15) is 45.7 Å². The van der Waals surface area contributed by atoms with Crippen molar-refractivity contribution in [3.63, 3.8) is 0 Å². The van der Waals surface area contributed by atoms with Crippen molar-refractivity contribution >= 4 is 11.6 Å². The molecule has 2 N–H and O–H groups in total. The molecular weight excluding hydrogens is 288 g/mol. The first-order chi connectivity index (χ1) is 10.4. The minimum atomic E-state index is -0.671. The first-order valence-electron chi connectivity index (χ1n) is 7.01. The molecule has 0 atom stereocenters. The van der Waals surface area contributed by atoms with Crippen molar-refractivity contribution in [3.8, 4) is 11.5 Å². The van der Waals surface area contributed by atoms with Gasteiger partial charge in [-0.1, -0.05) is 0 Å². The Morgan fingerprint density at radius 2 is 1.09 bits per heavy atom. The molecule has 118 valence electrons. The maximum atomic E-state index is 12.6. The molecule has 0 amide bonds. The average Bonchev–Trinajstić information content (AvgIpc) is 2.49. The zero-order valence-corrected chi connectivity index (χ0v) is 12.9. The number of allylic oxidation sites excluding steroid dienone is 2. The summed E-state index contributed by atoms with van der Waals surface area (Å²) in [6, 6.07) is 0. The smallest absolute Gasteiger partial charge is 0.236 e. The van der Waals surface area contributed by atoms with Crippen molar-refractivity contribution < 1.29 is 29.3 Å². The first-order valence-corrected chi connectivity index (χ1v) is 7.01. The molecule has 22 heavy (non-hydrogen) atoms. The Morgan fingerprint density at radius 1 is 0.773 bits per heavy atom. The van der Waals surface area contributed by atoms with Crippen LogP contribution < -0.4 is 0 Å². The van der Waals surface area contributed by atoms with Crippen molar-refractivity contribution in [3.05, 3.63) is 33.8 Å². The highest BCUT2D eigenvalue weighted by atomic mass is 16.5. The van der Waals surface area contributed by atoms with E-state index in [1.165, 1.54) is 0 Å². The Labute approximate surface area is 128 Å². The summed E-state index contributed by atoms with van der Waals surface area (Å²) in [6.45, 7) is 6.79. The van der Waals surface area contributed by atoms with Gasteiger partial charge in [0.05, 0.1) is 24.3 Å². The predicted molar refractivity (Wildman–Crippen MR) is 78.2 cm³/mol. The fourth-order valence-electron chi connectivity index (χ4n) is 2.39. The normalized spacial score (nSPS) is 14.2. The van der Waals surface area contributed by atoms with E-state index >= 15 is 0 Å². The molecule has 6 nitrogen and oxygen atoms in total. The molecule has 0 aliphatic heterocycles. The van der Waals surface area contributed by atoms with E-state index in [2.05, 4.69) is 0 Å². The third kappa shape index (κ3) is 2.11. The topological polar surface area (TPSA) is 93.1 Å². The summed E-state index contributed by atoms with van der Waals surface area (Å²) in [7, 11) is 0. The fraction of sp³-hybridized carbons (Fsp3) is 0.375. The summed E-state index contributed by atoms with van der Waals surface area (Å²) in [4.78, 5) is 25.2. The Kier molecular flexibility index (Phi) is 4.12. The van der Waals surface area contributed by atoms with Crippen LogP contribution in [0.3, 0.4) is 0 Å². The largest absolute Gasteiger partial charge is 0.507 e. The van der Waals surface area contributed by atoms with Gasteiger partial charge in [0.25, 0.3) is 0 Å². The molecule has 1 aliphatic carbocycles. The number of rotatable bonds is 4. The average molecular weight is 306 g/mol. The lowest BCUT2D eigenvalue weighted by Gasteiger charge is -2.23. The van der Waals surface area contributed by atoms with Crippen molar-refractivity contribution in [1.29, 1.82) is 0 Å². The Morgan fingerprint density at radius 3 is 1.36 bits per heavy atom. The molecule has 0 heterocycles. The molecule has 2 rings (SSSR count). The van der Waals surface area contributed by atoms with Crippen LogP contribution in [-0.4, -0.2) is 35.0 Å². The lowest BCUT2D eigenvalue weighted by molar-refractivity contribution is 0.0766. The van der Waals surface area contributed by atoms with Gasteiger partial charge >= 0.3 is 0 Å². The molecule has 0 saturated carbocycles. The summed E-state index contributed by atoms with van der Waals surface area (Å²) < 4.78 is 10.5. The molecule has 0 saturated heterocycles. The molecule has 1 aromatic carbocycles. The summed E-state index contributed by atoms with van der Waals surface area (Å²) in [5.74, 6) is -2.46. The number of aromatic hydroxyl groups is 2. The molecule has 0 fully saturated rings. The number of carbonyl (C=O) groups is 2. The third-order valence-electron chi connectivity index (χ3n) is 3.65. The number of hydrogen-bond donors (Lipinski definition) is 2. The van der Waals surface area contributed by atoms with E-state index in [9.17, 15) is 19.8 Å². The SMILES string of the molecule is CCOC1=C(OCC)C(=O)c2c(O)c(C)c(C)c(O)c2C1=O. The fourth-order valence-corrected chi connectivity index (χ4v) is 2.39. The van der Waals surface area contributed by atoms with Crippen LogP contribution in [0.5, 0.6) is 11.5 Å². The number of hydrogen-bond acceptors (Lipinski definition) is 6. The van der Waals surface area contributed by atoms with E-state index in [4.69, 9.17) is 9.47 Å². The third-order valence-corrected chi connectivity index (χ3v) is 3.65. The molecule has 6 heteroatoms. The van der Waals surface area contributed by atoms with Gasteiger partial charge in [0.15, 0.2) is 0 Å². The van der Waals surface area contributed by atoms with Crippen LogP contribution >= 0.6 is 0 Å². The molecule has 1 aliphatic rings. The molecule has 0 unspecified atom stereocenters. The van der Waals surface area contributed by atoms with Crippen molar-refractivity contribution in [1.82, 2.24) is 0 Å². The van der Waals surface area contributed by atoms with Gasteiger partial charge in [0, 0.05) is 0 Å². The van der Waals surface area contributed by atoms with Gasteiger partial charge < -0.3 is 19.7 Å². The van der Waals surface area contributed by atoms with Gasteiger partial charge in [-0.3, -0.25) is 9.59 Å². The molecule has 0 aromatic heterocycles. The van der Waals surface area contributed by atoms with E-state index < -0.39 is 11.6 Å². The lowest BCUT2D eigenvalue weighted by Crippen LogP contribution is -2.26. The number of phenolic OH excluding ortho intramolecular Hbond substituents is 2. The lowest BCUT2D eigenvalue weighted by atomic mass is 9.86. The van der Waals surface area contributed by atoms with Crippen molar-refractivity contribution in [2.45, 2.75) is 27.7 Å². The standard InChI is InChI=1S/C16H18O6/c1-5-21-15-13(19)9-10(14(20)16(15)22-6-2)12(18)8(4)7(3)11(9)17/h17-18H,5-6H2,1-4H3. The van der Waals surface area contributed by atoms with Crippen LogP contribution in [-0.2, 0) is 9.47 Å². The van der Waals surface area contributed by atoms with E-state index in [1.807, 2.05) is 0 Å². The maximum absolute atomic E-state index is 12.6. The molecule has 0 bridgehead atoms. The number of ketones is 2. The molecule has 0 spiro atoms. The van der Waals surface area contributed by atoms with Gasteiger partial charge in [0.1, 0.15) is 11.5 Å². The summed E-state index contributed by atoms with van der Waals surface area (Å²) in [5, 5.41) is 20.5. The van der Waals surface area contributed by atoms with E-state index in [0.717, 1.165) is 0 Å². The van der Waals surface area contributed by atoms with Crippen molar-refractivity contribution in [2.24, 2.45) is 0 Å². The van der Waals surface area contributed by atoms with Gasteiger partial charge in [-0.25, -0.2) is 0 Å². The summed E-state index contributed by atoms with van der Waals surface area (Å²) >= 11 is 0. The number of ether oxygens (including phenoxy) is 2. The van der Waals surface area contributed by atoms with Gasteiger partial charge in [-0.2, -0.15) is 0 Å². The minimum absolute atomic E-state index is 0.165. The van der Waals surface area contributed by atoms with Crippen molar-refractivity contribution in [2.75, 3.05) is 13.2 Å². The zero-order valence-electron chi connectivity index (χ0n) is 12.9. The second-order valence-corrected chi connectivity index (χ2v) is 4.88. The first kappa shape index (κ1) is 15.9. The molecular formula is C16H18O6. The number of fused-ring (bicyclic) bond motifs is 1. The highest BCUT2D eigenvalue weighted by molar-refractivity contribution is 6.27. The van der Waals surface area contributed by atoms with Gasteiger partial charge in [-0.05, 0) is 38.8 Å². The Balaban J connectivity index is 2.81. The highest BCUT2D eigenvalue weighted by Crippen LogP contribution is 2.42. The zero-order chi connectivity index (χ0) is 16.6. The number of carbonyl (C=O) groups excluding carboxylic acids is 2. The van der Waals surface area contributed by atoms with Crippen LogP contribution in [0, 0.1) is 13.8 Å². The van der Waals surface area contributed by atoms with Crippen LogP contribution in [0.2, 0.25) is 0 Å². The van der Waals surface area contributed by atoms with Crippen LogP contribution in [0.15, 0.2) is 11.5 Å². The van der Waals surface area contributed by atoms with E-state index in [0.29, 0.717) is 11.1 Å². The minimum Gasteiger partial charge on any atom is -0.507 e. The maximum Gasteiger partial charge on any atom is 0.236 e. The van der Waals surface area contributed by atoms with E-state index in [-0.39, 0.29) is 47.4 Å². The second-order valence-electron chi connectivity index (χ2n) is 4.88. The highest BCUT2D eigenvalue weighted by Gasteiger charge is 2.40. The Bertz CT molecular complexity index is 640. The van der Waals surface area contributed by atoms with Crippen LogP contribution in [0.25, 0.3) is 0 Å². The number of Topliss-reactive ketones (excluding diaryl/α,β-unsaturated/α-hetero) is 2. The molecule has 1 aromatic rings. The van der Waals surface area contributed by atoms with Gasteiger partial charge in [0.2, 0.25) is 23.1 Å². The quantitative estimate of drug-likeness (QED) is 0.830. The second kappa shape index (κ2) is 5.71. The summed E-state index contributed by atoms with van der Waals surface area (Å²) in [5.41, 5.74) is 0.205. The van der Waals surface area contributed by atoms with Gasteiger partial charge in [-0.15, -0.1) is 0 Å².